The van der Waals surface area contributed by atoms with E-state index in [2.05, 4.69) is 41.3 Å². The van der Waals surface area contributed by atoms with Gasteiger partial charge >= 0.3 is 0 Å². The van der Waals surface area contributed by atoms with Gasteiger partial charge in [-0.25, -0.2) is 0 Å². The van der Waals surface area contributed by atoms with E-state index in [1.807, 2.05) is 6.07 Å². The van der Waals surface area contributed by atoms with Crippen LogP contribution in [0.15, 0.2) is 53.6 Å². The molecule has 2 heterocycles. The summed E-state index contributed by atoms with van der Waals surface area (Å²) >= 11 is 0. The van der Waals surface area contributed by atoms with Crippen LogP contribution in [0.25, 0.3) is 0 Å². The van der Waals surface area contributed by atoms with Crippen LogP contribution in [0.3, 0.4) is 0 Å². The molecule has 2 aliphatic heterocycles. The van der Waals surface area contributed by atoms with Crippen molar-refractivity contribution in [2.24, 2.45) is 5.92 Å². The Balaban J connectivity index is 1.65. The Hall–Kier alpha value is -1.83. The van der Waals surface area contributed by atoms with E-state index in [1.54, 1.807) is 5.57 Å². The fourth-order valence-electron chi connectivity index (χ4n) is 4.24. The van der Waals surface area contributed by atoms with Crippen LogP contribution in [0.4, 0.5) is 0 Å². The van der Waals surface area contributed by atoms with Gasteiger partial charge in [0.1, 0.15) is 0 Å². The predicted octanol–water partition coefficient (Wildman–Crippen LogP) is 4.23. The molecule has 0 radical (unpaired) electrons. The van der Waals surface area contributed by atoms with E-state index in [-0.39, 0.29) is 12.0 Å². The average Bonchev–Trinajstić information content (AvgIpc) is 2.52. The number of carbonyl (C=O) groups excluding carboxylic acids is 1. The fraction of sp³-hybridized carbons (Fsp3) is 0.450. The molecule has 2 heteroatoms. The van der Waals surface area contributed by atoms with Gasteiger partial charge in [-0.05, 0) is 36.8 Å². The summed E-state index contributed by atoms with van der Waals surface area (Å²) in [6.45, 7) is 0.738. The number of nitrogens with zero attached hydrogens (tertiary/aromatic N) is 1. The Morgan fingerprint density at radius 3 is 2.41 bits per heavy atom. The van der Waals surface area contributed by atoms with Crippen LogP contribution in [-0.4, -0.2) is 16.8 Å². The molecule has 22 heavy (non-hydrogen) atoms. The number of hydrogen-bond donors (Lipinski definition) is 0. The van der Waals surface area contributed by atoms with Crippen LogP contribution in [-0.2, 0) is 11.3 Å². The molecule has 0 saturated carbocycles. The fourth-order valence-corrected chi connectivity index (χ4v) is 4.24. The SMILES string of the molecule is O=C1[C@@H]2C=C[C@@H](C3=C2CCCCCC3)N1Cc1ccccc1. The zero-order chi connectivity index (χ0) is 14.9. The summed E-state index contributed by atoms with van der Waals surface area (Å²) in [7, 11) is 0. The summed E-state index contributed by atoms with van der Waals surface area (Å²) < 4.78 is 0. The van der Waals surface area contributed by atoms with Gasteiger partial charge in [-0.15, -0.1) is 0 Å². The van der Waals surface area contributed by atoms with Crippen molar-refractivity contribution in [2.75, 3.05) is 0 Å². The van der Waals surface area contributed by atoms with E-state index in [4.69, 9.17) is 0 Å². The van der Waals surface area contributed by atoms with Gasteiger partial charge < -0.3 is 4.90 Å². The monoisotopic (exact) mass is 293 g/mol. The molecule has 0 spiro atoms. The van der Waals surface area contributed by atoms with Gasteiger partial charge in [0.05, 0.1) is 12.0 Å². The lowest BCUT2D eigenvalue weighted by atomic mass is 9.74. The van der Waals surface area contributed by atoms with Crippen molar-refractivity contribution in [1.82, 2.24) is 4.90 Å². The molecule has 2 bridgehead atoms. The second-order valence-corrected chi connectivity index (χ2v) is 6.72. The van der Waals surface area contributed by atoms with E-state index < -0.39 is 0 Å². The molecule has 4 aliphatic rings. The van der Waals surface area contributed by atoms with E-state index >= 15 is 0 Å². The van der Waals surface area contributed by atoms with Gasteiger partial charge in [-0.3, -0.25) is 4.79 Å². The molecule has 2 nitrogen and oxygen atoms in total. The topological polar surface area (TPSA) is 20.3 Å². The standard InChI is InChI=1S/C20H23NO/c22-20-18-12-13-19(17-11-7-2-1-6-10-16(17)18)21(20)14-15-8-4-3-5-9-15/h3-5,8-9,12-13,18-19H,1-2,6-7,10-11,14H2/t18-,19+/m1/s1. The zero-order valence-corrected chi connectivity index (χ0v) is 13.0. The Morgan fingerprint density at radius 2 is 1.64 bits per heavy atom. The summed E-state index contributed by atoms with van der Waals surface area (Å²) in [5, 5.41) is 0. The van der Waals surface area contributed by atoms with E-state index in [0.29, 0.717) is 5.91 Å². The molecule has 0 saturated heterocycles. The first-order valence-corrected chi connectivity index (χ1v) is 8.59. The highest BCUT2D eigenvalue weighted by molar-refractivity contribution is 5.88. The van der Waals surface area contributed by atoms with Crippen molar-refractivity contribution in [1.29, 1.82) is 0 Å². The lowest BCUT2D eigenvalue weighted by Gasteiger charge is -2.45. The van der Waals surface area contributed by atoms with Crippen LogP contribution in [0, 0.1) is 5.92 Å². The molecular weight excluding hydrogens is 270 g/mol. The molecule has 5 rings (SSSR count). The third-order valence-electron chi connectivity index (χ3n) is 5.35. The molecule has 2 atom stereocenters. The van der Waals surface area contributed by atoms with Gasteiger partial charge in [0.15, 0.2) is 0 Å². The van der Waals surface area contributed by atoms with E-state index in [1.165, 1.54) is 43.2 Å². The third kappa shape index (κ3) is 2.31. The predicted molar refractivity (Wildman–Crippen MR) is 88.1 cm³/mol. The second-order valence-electron chi connectivity index (χ2n) is 6.72. The van der Waals surface area contributed by atoms with Crippen molar-refractivity contribution >= 4 is 5.91 Å². The van der Waals surface area contributed by atoms with Crippen molar-refractivity contribution in [2.45, 2.75) is 51.1 Å². The molecule has 2 aliphatic carbocycles. The van der Waals surface area contributed by atoms with Crippen molar-refractivity contribution in [3.8, 4) is 0 Å². The van der Waals surface area contributed by atoms with Crippen LogP contribution in [0.1, 0.15) is 44.1 Å². The first-order chi connectivity index (χ1) is 10.8. The minimum atomic E-state index is 0.0295. The summed E-state index contributed by atoms with van der Waals surface area (Å²) in [6, 6.07) is 10.6. The van der Waals surface area contributed by atoms with E-state index in [9.17, 15) is 4.79 Å². The molecule has 0 unspecified atom stereocenters. The van der Waals surface area contributed by atoms with Crippen LogP contribution in [0.5, 0.6) is 0 Å². The lowest BCUT2D eigenvalue weighted by Crippen LogP contribution is -2.50. The Kier molecular flexibility index (Phi) is 3.61. The molecule has 0 N–H and O–H groups in total. The van der Waals surface area contributed by atoms with Gasteiger partial charge in [0.2, 0.25) is 5.91 Å². The first kappa shape index (κ1) is 13.8. The molecule has 114 valence electrons. The summed E-state index contributed by atoms with van der Waals surface area (Å²) in [5.74, 6) is 0.345. The molecule has 0 fully saturated rings. The summed E-state index contributed by atoms with van der Waals surface area (Å²) in [5.41, 5.74) is 4.24. The number of fused-ring (bicyclic) bond motifs is 1. The Bertz CT molecular complexity index is 628. The lowest BCUT2D eigenvalue weighted by molar-refractivity contribution is -0.136. The van der Waals surface area contributed by atoms with Gasteiger partial charge in [-0.1, -0.05) is 60.9 Å². The zero-order valence-electron chi connectivity index (χ0n) is 13.0. The summed E-state index contributed by atoms with van der Waals surface area (Å²) in [4.78, 5) is 15.0. The summed E-state index contributed by atoms with van der Waals surface area (Å²) in [6.07, 6.45) is 11.9. The molecule has 1 amide bonds. The molecule has 1 aromatic carbocycles. The quantitative estimate of drug-likeness (QED) is 0.747. The number of rotatable bonds is 2. The molecular formula is C20H23NO. The van der Waals surface area contributed by atoms with Crippen molar-refractivity contribution in [3.05, 3.63) is 59.2 Å². The molecule has 1 aromatic rings. The second kappa shape index (κ2) is 5.75. The minimum absolute atomic E-state index is 0.0295. The van der Waals surface area contributed by atoms with Crippen LogP contribution < -0.4 is 0 Å². The Labute approximate surface area is 132 Å². The highest BCUT2D eigenvalue weighted by Gasteiger charge is 2.41. The average molecular weight is 293 g/mol. The van der Waals surface area contributed by atoms with Crippen molar-refractivity contribution < 1.29 is 4.79 Å². The highest BCUT2D eigenvalue weighted by Crippen LogP contribution is 2.42. The van der Waals surface area contributed by atoms with Gasteiger partial charge in [-0.2, -0.15) is 0 Å². The largest absolute Gasteiger partial charge is 0.327 e. The first-order valence-electron chi connectivity index (χ1n) is 8.59. The molecule has 0 aromatic heterocycles. The van der Waals surface area contributed by atoms with Gasteiger partial charge in [0.25, 0.3) is 0 Å². The minimum Gasteiger partial charge on any atom is -0.327 e. The van der Waals surface area contributed by atoms with E-state index in [0.717, 1.165) is 13.0 Å². The smallest absolute Gasteiger partial charge is 0.234 e. The number of amides is 1. The number of hydrogen-bond acceptors (Lipinski definition) is 1. The van der Waals surface area contributed by atoms with Crippen LogP contribution >= 0.6 is 0 Å². The maximum atomic E-state index is 12.9. The maximum absolute atomic E-state index is 12.9. The normalized spacial score (nSPS) is 27.6. The number of benzene rings is 1. The maximum Gasteiger partial charge on any atom is 0.234 e. The van der Waals surface area contributed by atoms with Gasteiger partial charge in [0, 0.05) is 6.54 Å². The highest BCUT2D eigenvalue weighted by atomic mass is 16.2. The number of carbonyl (C=O) groups is 1. The van der Waals surface area contributed by atoms with Crippen LogP contribution in [0.2, 0.25) is 0 Å². The third-order valence-corrected chi connectivity index (χ3v) is 5.35. The van der Waals surface area contributed by atoms with Crippen molar-refractivity contribution in [3.63, 3.8) is 0 Å². The Morgan fingerprint density at radius 1 is 0.909 bits per heavy atom.